The molecular weight excluding hydrogens is 226 g/mol. The second-order valence-electron chi connectivity index (χ2n) is 5.21. The van der Waals surface area contributed by atoms with Crippen LogP contribution >= 0.6 is 0 Å². The van der Waals surface area contributed by atoms with Crippen molar-refractivity contribution in [2.45, 2.75) is 38.8 Å². The van der Waals surface area contributed by atoms with Crippen LogP contribution in [0.15, 0.2) is 24.3 Å². The highest BCUT2D eigenvalue weighted by Crippen LogP contribution is 2.34. The first-order valence-corrected chi connectivity index (χ1v) is 6.55. The molecule has 1 aromatic carbocycles. The van der Waals surface area contributed by atoms with Crippen molar-refractivity contribution in [3.05, 3.63) is 35.4 Å². The van der Waals surface area contributed by atoms with Gasteiger partial charge in [-0.25, -0.2) is 0 Å². The number of fused-ring (bicyclic) bond motifs is 1. The van der Waals surface area contributed by atoms with Crippen molar-refractivity contribution in [1.29, 1.82) is 0 Å². The molecule has 0 aliphatic heterocycles. The Hall–Kier alpha value is -1.35. The summed E-state index contributed by atoms with van der Waals surface area (Å²) in [6, 6.07) is 8.83. The number of rotatable bonds is 4. The van der Waals surface area contributed by atoms with Crippen LogP contribution in [0.25, 0.3) is 0 Å². The van der Waals surface area contributed by atoms with Gasteiger partial charge in [0.2, 0.25) is 0 Å². The molecule has 1 aliphatic rings. The minimum Gasteiger partial charge on any atom is -0.462 e. The first-order chi connectivity index (χ1) is 8.58. The molecule has 0 aromatic heterocycles. The van der Waals surface area contributed by atoms with Gasteiger partial charge in [-0.2, -0.15) is 0 Å². The predicted octanol–water partition coefficient (Wildman–Crippen LogP) is 2.56. The Balaban J connectivity index is 1.99. The summed E-state index contributed by atoms with van der Waals surface area (Å²) in [7, 11) is 1.99. The molecule has 0 spiro atoms. The highest BCUT2D eigenvalue weighted by Gasteiger charge is 2.26. The number of hydrogen-bond donors (Lipinski definition) is 0. The van der Waals surface area contributed by atoms with Gasteiger partial charge in [-0.3, -0.25) is 9.69 Å². The number of ether oxygens (including phenoxy) is 1. The van der Waals surface area contributed by atoms with Gasteiger partial charge >= 0.3 is 5.97 Å². The van der Waals surface area contributed by atoms with Crippen LogP contribution in [0.4, 0.5) is 0 Å². The van der Waals surface area contributed by atoms with E-state index in [1.54, 1.807) is 0 Å². The zero-order chi connectivity index (χ0) is 13.1. The molecule has 0 fully saturated rings. The lowest BCUT2D eigenvalue weighted by Crippen LogP contribution is -2.31. The Morgan fingerprint density at radius 1 is 1.44 bits per heavy atom. The van der Waals surface area contributed by atoms with E-state index in [2.05, 4.69) is 29.2 Å². The van der Waals surface area contributed by atoms with Crippen LogP contribution in [-0.4, -0.2) is 30.6 Å². The minimum atomic E-state index is -0.142. The second kappa shape index (κ2) is 5.53. The van der Waals surface area contributed by atoms with E-state index in [9.17, 15) is 4.79 Å². The number of carbonyl (C=O) groups excluding carboxylic acids is 1. The highest BCUT2D eigenvalue weighted by atomic mass is 16.5. The van der Waals surface area contributed by atoms with Gasteiger partial charge in [0.1, 0.15) is 0 Å². The SMILES string of the molecule is CC(C)OC(=O)CN(C)C1CCc2ccccc21. The number of likely N-dealkylation sites (N-methyl/N-ethyl adjacent to an activating group) is 1. The zero-order valence-corrected chi connectivity index (χ0v) is 11.3. The number of aryl methyl sites for hydroxylation is 1. The summed E-state index contributed by atoms with van der Waals surface area (Å²) in [5, 5.41) is 0. The van der Waals surface area contributed by atoms with Crippen LogP contribution in [0.1, 0.15) is 37.4 Å². The molecule has 0 amide bonds. The molecule has 1 unspecified atom stereocenters. The van der Waals surface area contributed by atoms with Crippen LogP contribution < -0.4 is 0 Å². The van der Waals surface area contributed by atoms with E-state index < -0.39 is 0 Å². The fourth-order valence-corrected chi connectivity index (χ4v) is 2.61. The van der Waals surface area contributed by atoms with E-state index in [1.165, 1.54) is 11.1 Å². The topological polar surface area (TPSA) is 29.5 Å². The highest BCUT2D eigenvalue weighted by molar-refractivity contribution is 5.71. The zero-order valence-electron chi connectivity index (χ0n) is 11.3. The Morgan fingerprint density at radius 2 is 2.17 bits per heavy atom. The first kappa shape index (κ1) is 13.1. The molecule has 98 valence electrons. The number of hydrogen-bond acceptors (Lipinski definition) is 3. The van der Waals surface area contributed by atoms with Crippen molar-refractivity contribution >= 4 is 5.97 Å². The smallest absolute Gasteiger partial charge is 0.320 e. The van der Waals surface area contributed by atoms with Crippen LogP contribution in [0.2, 0.25) is 0 Å². The van der Waals surface area contributed by atoms with Crippen LogP contribution in [0.5, 0.6) is 0 Å². The van der Waals surface area contributed by atoms with Gasteiger partial charge in [-0.15, -0.1) is 0 Å². The summed E-state index contributed by atoms with van der Waals surface area (Å²) in [6.07, 6.45) is 2.15. The molecule has 3 heteroatoms. The van der Waals surface area contributed by atoms with Crippen LogP contribution in [0.3, 0.4) is 0 Å². The summed E-state index contributed by atoms with van der Waals surface area (Å²) in [6.45, 7) is 4.11. The van der Waals surface area contributed by atoms with Gasteiger partial charge in [-0.05, 0) is 44.9 Å². The maximum atomic E-state index is 11.7. The van der Waals surface area contributed by atoms with Gasteiger partial charge in [-0.1, -0.05) is 24.3 Å². The summed E-state index contributed by atoms with van der Waals surface area (Å²) in [5.41, 5.74) is 2.77. The second-order valence-corrected chi connectivity index (χ2v) is 5.21. The lowest BCUT2D eigenvalue weighted by molar-refractivity contribution is -0.148. The Bertz CT molecular complexity index is 428. The van der Waals surface area contributed by atoms with Crippen molar-refractivity contribution in [3.8, 4) is 0 Å². The molecule has 3 nitrogen and oxygen atoms in total. The van der Waals surface area contributed by atoms with Crippen molar-refractivity contribution in [1.82, 2.24) is 4.90 Å². The largest absolute Gasteiger partial charge is 0.462 e. The van der Waals surface area contributed by atoms with Crippen molar-refractivity contribution in [2.75, 3.05) is 13.6 Å². The van der Waals surface area contributed by atoms with E-state index in [4.69, 9.17) is 4.74 Å². The fraction of sp³-hybridized carbons (Fsp3) is 0.533. The number of nitrogens with zero attached hydrogens (tertiary/aromatic N) is 1. The molecule has 0 heterocycles. The van der Waals surface area contributed by atoms with E-state index in [1.807, 2.05) is 20.9 Å². The normalized spacial score (nSPS) is 18.2. The number of benzene rings is 1. The average molecular weight is 247 g/mol. The molecular formula is C15H21NO2. The molecule has 0 saturated carbocycles. The van der Waals surface area contributed by atoms with Gasteiger partial charge < -0.3 is 4.74 Å². The third-order valence-corrected chi connectivity index (χ3v) is 3.38. The standard InChI is InChI=1S/C15H21NO2/c1-11(2)18-15(17)10-16(3)14-9-8-12-6-4-5-7-13(12)14/h4-7,11,14H,8-10H2,1-3H3. The third kappa shape index (κ3) is 2.91. The van der Waals surface area contributed by atoms with E-state index in [0.29, 0.717) is 12.6 Å². The maximum absolute atomic E-state index is 11.7. The van der Waals surface area contributed by atoms with Crippen LogP contribution in [0, 0.1) is 0 Å². The van der Waals surface area contributed by atoms with Gasteiger partial charge in [0, 0.05) is 6.04 Å². The maximum Gasteiger partial charge on any atom is 0.320 e. The monoisotopic (exact) mass is 247 g/mol. The van der Waals surface area contributed by atoms with Crippen LogP contribution in [-0.2, 0) is 16.0 Å². The predicted molar refractivity (Wildman–Crippen MR) is 71.4 cm³/mol. The number of esters is 1. The molecule has 18 heavy (non-hydrogen) atoms. The Labute approximate surface area is 109 Å². The fourth-order valence-electron chi connectivity index (χ4n) is 2.61. The van der Waals surface area contributed by atoms with Gasteiger partial charge in [0.05, 0.1) is 12.6 Å². The Morgan fingerprint density at radius 3 is 2.89 bits per heavy atom. The first-order valence-electron chi connectivity index (χ1n) is 6.55. The number of carbonyl (C=O) groups is 1. The van der Waals surface area contributed by atoms with Gasteiger partial charge in [0.25, 0.3) is 0 Å². The molecule has 0 N–H and O–H groups in total. The average Bonchev–Trinajstić information content (AvgIpc) is 2.71. The molecule has 0 radical (unpaired) electrons. The van der Waals surface area contributed by atoms with Gasteiger partial charge in [0.15, 0.2) is 0 Å². The van der Waals surface area contributed by atoms with Crippen molar-refractivity contribution in [2.24, 2.45) is 0 Å². The van der Waals surface area contributed by atoms with E-state index >= 15 is 0 Å². The Kier molecular flexibility index (Phi) is 4.02. The molecule has 0 saturated heterocycles. The molecule has 0 bridgehead atoms. The lowest BCUT2D eigenvalue weighted by Gasteiger charge is -2.24. The summed E-state index contributed by atoms with van der Waals surface area (Å²) in [4.78, 5) is 13.8. The summed E-state index contributed by atoms with van der Waals surface area (Å²) in [5.74, 6) is -0.142. The lowest BCUT2D eigenvalue weighted by atomic mass is 10.1. The van der Waals surface area contributed by atoms with E-state index in [-0.39, 0.29) is 12.1 Å². The summed E-state index contributed by atoms with van der Waals surface area (Å²) >= 11 is 0. The van der Waals surface area contributed by atoms with Crippen molar-refractivity contribution in [3.63, 3.8) is 0 Å². The minimum absolute atomic E-state index is 0.0400. The van der Waals surface area contributed by atoms with E-state index in [0.717, 1.165) is 12.8 Å². The molecule has 1 aliphatic carbocycles. The molecule has 2 rings (SSSR count). The molecule has 1 aromatic rings. The third-order valence-electron chi connectivity index (χ3n) is 3.38. The molecule has 1 atom stereocenters. The summed E-state index contributed by atoms with van der Waals surface area (Å²) < 4.78 is 5.19. The quantitative estimate of drug-likeness (QED) is 0.766. The van der Waals surface area contributed by atoms with Crippen molar-refractivity contribution < 1.29 is 9.53 Å².